The molecule has 1 saturated heterocycles. The number of rotatable bonds is 3. The van der Waals surface area contributed by atoms with Crippen molar-refractivity contribution in [1.29, 1.82) is 0 Å². The van der Waals surface area contributed by atoms with Crippen LogP contribution in [0.5, 0.6) is 0 Å². The number of aryl methyl sites for hydroxylation is 1. The third-order valence-electron chi connectivity index (χ3n) is 3.20. The molecule has 0 saturated carbocycles. The van der Waals surface area contributed by atoms with Gasteiger partial charge < -0.3 is 10.2 Å². The van der Waals surface area contributed by atoms with Crippen molar-refractivity contribution in [3.8, 4) is 11.5 Å². The van der Waals surface area contributed by atoms with Crippen molar-refractivity contribution in [2.24, 2.45) is 7.05 Å². The van der Waals surface area contributed by atoms with Gasteiger partial charge in [-0.05, 0) is 6.07 Å². The van der Waals surface area contributed by atoms with Gasteiger partial charge in [-0.3, -0.25) is 0 Å². The zero-order valence-electron chi connectivity index (χ0n) is 11.3. The SMILES string of the molecule is Cn1nc(CF)nc1-c1ccnc(N2CCNCC2)n1. The Hall–Kier alpha value is -2.09. The summed E-state index contributed by atoms with van der Waals surface area (Å²) in [6, 6.07) is 1.76. The van der Waals surface area contributed by atoms with Crippen LogP contribution in [0.4, 0.5) is 10.3 Å². The molecule has 2 aromatic rings. The Morgan fingerprint density at radius 3 is 2.80 bits per heavy atom. The van der Waals surface area contributed by atoms with Crippen LogP contribution in [-0.2, 0) is 13.7 Å². The summed E-state index contributed by atoms with van der Waals surface area (Å²) >= 11 is 0. The Kier molecular flexibility index (Phi) is 3.55. The topological polar surface area (TPSA) is 71.8 Å². The highest BCUT2D eigenvalue weighted by Gasteiger charge is 2.16. The number of hydrogen-bond donors (Lipinski definition) is 1. The summed E-state index contributed by atoms with van der Waals surface area (Å²) < 4.78 is 14.2. The van der Waals surface area contributed by atoms with Gasteiger partial charge in [-0.1, -0.05) is 0 Å². The fourth-order valence-corrected chi connectivity index (χ4v) is 2.21. The van der Waals surface area contributed by atoms with E-state index in [2.05, 4.69) is 30.3 Å². The number of alkyl halides is 1. The zero-order valence-corrected chi connectivity index (χ0v) is 11.3. The Morgan fingerprint density at radius 2 is 2.10 bits per heavy atom. The monoisotopic (exact) mass is 277 g/mol. The van der Waals surface area contributed by atoms with Crippen LogP contribution < -0.4 is 10.2 Å². The van der Waals surface area contributed by atoms with Gasteiger partial charge in [0, 0.05) is 39.4 Å². The number of aromatic nitrogens is 5. The van der Waals surface area contributed by atoms with E-state index in [0.29, 0.717) is 17.5 Å². The first kappa shape index (κ1) is 12.9. The first-order valence-electron chi connectivity index (χ1n) is 6.53. The van der Waals surface area contributed by atoms with E-state index in [1.54, 1.807) is 24.0 Å². The van der Waals surface area contributed by atoms with Gasteiger partial charge in [0.2, 0.25) is 5.95 Å². The van der Waals surface area contributed by atoms with Gasteiger partial charge in [0.05, 0.1) is 0 Å². The molecular formula is C12H16FN7. The molecule has 106 valence electrons. The van der Waals surface area contributed by atoms with Crippen LogP contribution in [0, 0.1) is 0 Å². The quantitative estimate of drug-likeness (QED) is 0.861. The van der Waals surface area contributed by atoms with Crippen molar-refractivity contribution >= 4 is 5.95 Å². The largest absolute Gasteiger partial charge is 0.338 e. The maximum absolute atomic E-state index is 12.6. The van der Waals surface area contributed by atoms with Gasteiger partial charge in [-0.25, -0.2) is 24.0 Å². The number of piperazine rings is 1. The molecule has 1 aliphatic rings. The summed E-state index contributed by atoms with van der Waals surface area (Å²) in [6.07, 6.45) is 1.70. The summed E-state index contributed by atoms with van der Waals surface area (Å²) in [5, 5.41) is 7.28. The molecule has 0 unspecified atom stereocenters. The lowest BCUT2D eigenvalue weighted by atomic mass is 10.3. The van der Waals surface area contributed by atoms with Gasteiger partial charge in [0.1, 0.15) is 5.69 Å². The molecule has 1 fully saturated rings. The molecule has 1 aliphatic heterocycles. The highest BCUT2D eigenvalue weighted by Crippen LogP contribution is 2.17. The number of nitrogens with one attached hydrogen (secondary N) is 1. The zero-order chi connectivity index (χ0) is 13.9. The second-order valence-corrected chi connectivity index (χ2v) is 4.59. The molecule has 7 nitrogen and oxygen atoms in total. The highest BCUT2D eigenvalue weighted by molar-refractivity contribution is 5.51. The van der Waals surface area contributed by atoms with Crippen LogP contribution in [0.15, 0.2) is 12.3 Å². The smallest absolute Gasteiger partial charge is 0.226 e. The van der Waals surface area contributed by atoms with Gasteiger partial charge >= 0.3 is 0 Å². The van der Waals surface area contributed by atoms with Crippen LogP contribution in [0.3, 0.4) is 0 Å². The van der Waals surface area contributed by atoms with Crippen molar-refractivity contribution in [2.75, 3.05) is 31.1 Å². The minimum atomic E-state index is -0.677. The van der Waals surface area contributed by atoms with E-state index in [9.17, 15) is 4.39 Å². The number of hydrogen-bond acceptors (Lipinski definition) is 6. The molecule has 1 N–H and O–H groups in total. The molecule has 0 radical (unpaired) electrons. The Morgan fingerprint density at radius 1 is 1.30 bits per heavy atom. The lowest BCUT2D eigenvalue weighted by molar-refractivity contribution is 0.463. The Bertz CT molecular complexity index is 591. The molecule has 3 rings (SSSR count). The first-order valence-corrected chi connectivity index (χ1v) is 6.53. The summed E-state index contributed by atoms with van der Waals surface area (Å²) in [7, 11) is 1.73. The fourth-order valence-electron chi connectivity index (χ4n) is 2.21. The second kappa shape index (κ2) is 5.49. The highest BCUT2D eigenvalue weighted by atomic mass is 19.1. The Balaban J connectivity index is 1.91. The summed E-state index contributed by atoms with van der Waals surface area (Å²) in [5.74, 6) is 1.40. The van der Waals surface area contributed by atoms with Crippen LogP contribution in [-0.4, -0.2) is 50.9 Å². The second-order valence-electron chi connectivity index (χ2n) is 4.59. The minimum absolute atomic E-state index is 0.171. The standard InChI is InChI=1S/C12H16FN7/c1-19-11(17-10(8-13)18-19)9-2-3-15-12(16-9)20-6-4-14-5-7-20/h2-3,14H,4-8H2,1H3. The predicted molar refractivity (Wildman–Crippen MR) is 71.9 cm³/mol. The van der Waals surface area contributed by atoms with Gasteiger partial charge in [0.25, 0.3) is 0 Å². The minimum Gasteiger partial charge on any atom is -0.338 e. The molecule has 0 bridgehead atoms. The van der Waals surface area contributed by atoms with E-state index >= 15 is 0 Å². The van der Waals surface area contributed by atoms with Gasteiger partial charge in [0.15, 0.2) is 18.3 Å². The summed E-state index contributed by atoms with van der Waals surface area (Å²) in [5.41, 5.74) is 0.656. The van der Waals surface area contributed by atoms with Crippen LogP contribution >= 0.6 is 0 Å². The third kappa shape index (κ3) is 2.46. The third-order valence-corrected chi connectivity index (χ3v) is 3.20. The Labute approximate surface area is 115 Å². The van der Waals surface area contributed by atoms with Crippen molar-refractivity contribution in [3.05, 3.63) is 18.1 Å². The van der Waals surface area contributed by atoms with E-state index in [0.717, 1.165) is 26.2 Å². The van der Waals surface area contributed by atoms with E-state index in [4.69, 9.17) is 0 Å². The van der Waals surface area contributed by atoms with Crippen molar-refractivity contribution < 1.29 is 4.39 Å². The van der Waals surface area contributed by atoms with Crippen molar-refractivity contribution in [1.82, 2.24) is 30.0 Å². The van der Waals surface area contributed by atoms with Crippen LogP contribution in [0.2, 0.25) is 0 Å². The number of nitrogens with zero attached hydrogens (tertiary/aromatic N) is 6. The first-order chi connectivity index (χ1) is 9.78. The molecule has 0 aromatic carbocycles. The molecule has 0 spiro atoms. The molecule has 3 heterocycles. The van der Waals surface area contributed by atoms with Crippen LogP contribution in [0.25, 0.3) is 11.5 Å². The number of halogens is 1. The maximum atomic E-state index is 12.6. The predicted octanol–water partition coefficient (Wildman–Crippen LogP) is 0.151. The molecule has 20 heavy (non-hydrogen) atoms. The molecule has 0 aliphatic carbocycles. The normalized spacial score (nSPS) is 15.6. The van der Waals surface area contributed by atoms with Crippen LogP contribution in [0.1, 0.15) is 5.82 Å². The van der Waals surface area contributed by atoms with Crippen molar-refractivity contribution in [2.45, 2.75) is 6.67 Å². The summed E-state index contributed by atoms with van der Waals surface area (Å²) in [4.78, 5) is 15.1. The molecular weight excluding hydrogens is 261 g/mol. The number of anilines is 1. The molecule has 8 heteroatoms. The molecule has 0 amide bonds. The fraction of sp³-hybridized carbons (Fsp3) is 0.500. The lowest BCUT2D eigenvalue weighted by Crippen LogP contribution is -2.44. The van der Waals surface area contributed by atoms with Crippen molar-refractivity contribution in [3.63, 3.8) is 0 Å². The van der Waals surface area contributed by atoms with E-state index < -0.39 is 6.67 Å². The lowest BCUT2D eigenvalue weighted by Gasteiger charge is -2.27. The average molecular weight is 277 g/mol. The van der Waals surface area contributed by atoms with E-state index in [-0.39, 0.29) is 5.82 Å². The van der Waals surface area contributed by atoms with Gasteiger partial charge in [-0.15, -0.1) is 0 Å². The molecule has 0 atom stereocenters. The molecule has 2 aromatic heterocycles. The van der Waals surface area contributed by atoms with Gasteiger partial charge in [-0.2, -0.15) is 5.10 Å². The average Bonchev–Trinajstić information content (AvgIpc) is 2.89. The van der Waals surface area contributed by atoms with E-state index in [1.807, 2.05) is 0 Å². The van der Waals surface area contributed by atoms with E-state index in [1.165, 1.54) is 0 Å². The maximum Gasteiger partial charge on any atom is 0.226 e. The summed E-state index contributed by atoms with van der Waals surface area (Å²) in [6.45, 7) is 2.91.